The third-order valence-corrected chi connectivity index (χ3v) is 4.42. The zero-order valence-electron chi connectivity index (χ0n) is 11.7. The third kappa shape index (κ3) is 2.80. The molecule has 0 radical (unpaired) electrons. The quantitative estimate of drug-likeness (QED) is 0.740. The lowest BCUT2D eigenvalue weighted by atomic mass is 10.1. The Labute approximate surface area is 132 Å². The van der Waals surface area contributed by atoms with Gasteiger partial charge in [0.2, 0.25) is 5.95 Å². The van der Waals surface area contributed by atoms with Crippen LogP contribution in [0.4, 0.5) is 11.8 Å². The van der Waals surface area contributed by atoms with E-state index in [0.717, 1.165) is 26.6 Å². The molecule has 1 aromatic carbocycles. The Balaban J connectivity index is 1.97. The highest BCUT2D eigenvalue weighted by atomic mass is 35.5. The van der Waals surface area contributed by atoms with Crippen molar-refractivity contribution >= 4 is 44.9 Å². The Bertz CT molecular complexity index is 771. The zero-order chi connectivity index (χ0) is 14.8. The molecule has 3 aromatic rings. The summed E-state index contributed by atoms with van der Waals surface area (Å²) >= 11 is 7.86. The van der Waals surface area contributed by atoms with E-state index in [-0.39, 0.29) is 6.04 Å². The van der Waals surface area contributed by atoms with E-state index in [4.69, 9.17) is 11.6 Å². The molecular weight excluding hydrogens is 304 g/mol. The molecule has 1 unspecified atom stereocenters. The number of anilines is 2. The lowest BCUT2D eigenvalue weighted by molar-refractivity contribution is 0.877. The summed E-state index contributed by atoms with van der Waals surface area (Å²) in [6, 6.07) is 9.92. The van der Waals surface area contributed by atoms with E-state index in [9.17, 15) is 0 Å². The van der Waals surface area contributed by atoms with Crippen molar-refractivity contribution in [1.82, 2.24) is 9.97 Å². The molecule has 0 amide bonds. The highest BCUT2D eigenvalue weighted by Gasteiger charge is 2.13. The molecule has 0 spiro atoms. The SMILES string of the molecule is CNc1nc(NC(C)c2ccccc2Cl)c2ccsc2n1. The molecule has 4 nitrogen and oxygen atoms in total. The molecular formula is C15H15ClN4S. The number of aromatic nitrogens is 2. The van der Waals surface area contributed by atoms with Crippen LogP contribution in [0.5, 0.6) is 0 Å². The van der Waals surface area contributed by atoms with Gasteiger partial charge >= 0.3 is 0 Å². The van der Waals surface area contributed by atoms with Gasteiger partial charge in [-0.2, -0.15) is 4.98 Å². The lowest BCUT2D eigenvalue weighted by Crippen LogP contribution is -2.10. The second kappa shape index (κ2) is 5.87. The molecule has 0 saturated carbocycles. The highest BCUT2D eigenvalue weighted by Crippen LogP contribution is 2.30. The Hall–Kier alpha value is -1.85. The van der Waals surface area contributed by atoms with E-state index in [1.165, 1.54) is 0 Å². The minimum Gasteiger partial charge on any atom is -0.363 e. The summed E-state index contributed by atoms with van der Waals surface area (Å²) < 4.78 is 0. The van der Waals surface area contributed by atoms with Crippen LogP contribution in [-0.2, 0) is 0 Å². The van der Waals surface area contributed by atoms with Crippen LogP contribution < -0.4 is 10.6 Å². The predicted molar refractivity (Wildman–Crippen MR) is 90.5 cm³/mol. The maximum atomic E-state index is 6.26. The fourth-order valence-electron chi connectivity index (χ4n) is 2.19. The number of rotatable bonds is 4. The van der Waals surface area contributed by atoms with E-state index < -0.39 is 0 Å². The summed E-state index contributed by atoms with van der Waals surface area (Å²) in [5.74, 6) is 1.43. The van der Waals surface area contributed by atoms with Crippen molar-refractivity contribution in [1.29, 1.82) is 0 Å². The fourth-order valence-corrected chi connectivity index (χ4v) is 3.25. The van der Waals surface area contributed by atoms with Gasteiger partial charge in [-0.3, -0.25) is 0 Å². The Morgan fingerprint density at radius 2 is 2.00 bits per heavy atom. The first-order chi connectivity index (χ1) is 10.2. The molecule has 2 heterocycles. The van der Waals surface area contributed by atoms with Crippen molar-refractivity contribution in [3.05, 3.63) is 46.3 Å². The molecule has 2 aromatic heterocycles. The van der Waals surface area contributed by atoms with E-state index >= 15 is 0 Å². The number of nitrogens with zero attached hydrogens (tertiary/aromatic N) is 2. The number of hydrogen-bond acceptors (Lipinski definition) is 5. The number of hydrogen-bond donors (Lipinski definition) is 2. The smallest absolute Gasteiger partial charge is 0.225 e. The van der Waals surface area contributed by atoms with Gasteiger partial charge < -0.3 is 10.6 Å². The number of halogens is 1. The molecule has 2 N–H and O–H groups in total. The van der Waals surface area contributed by atoms with Gasteiger partial charge in [0.1, 0.15) is 10.6 Å². The van der Waals surface area contributed by atoms with Crippen molar-refractivity contribution in [3.8, 4) is 0 Å². The summed E-state index contributed by atoms with van der Waals surface area (Å²) in [6.07, 6.45) is 0. The molecule has 3 rings (SSSR count). The van der Waals surface area contributed by atoms with Gasteiger partial charge in [-0.05, 0) is 30.0 Å². The first-order valence-corrected chi connectivity index (χ1v) is 7.88. The molecule has 0 aliphatic carbocycles. The fraction of sp³-hybridized carbons (Fsp3) is 0.200. The molecule has 21 heavy (non-hydrogen) atoms. The van der Waals surface area contributed by atoms with Crippen LogP contribution in [0.15, 0.2) is 35.7 Å². The Kier molecular flexibility index (Phi) is 3.94. The van der Waals surface area contributed by atoms with Crippen LogP contribution in [-0.4, -0.2) is 17.0 Å². The highest BCUT2D eigenvalue weighted by molar-refractivity contribution is 7.16. The van der Waals surface area contributed by atoms with Crippen LogP contribution in [0.3, 0.4) is 0 Å². The second-order valence-corrected chi connectivity index (χ2v) is 5.97. The topological polar surface area (TPSA) is 49.8 Å². The van der Waals surface area contributed by atoms with Gasteiger partial charge in [-0.1, -0.05) is 29.8 Å². The number of nitrogens with one attached hydrogen (secondary N) is 2. The van der Waals surface area contributed by atoms with Crippen molar-refractivity contribution in [2.75, 3.05) is 17.7 Å². The van der Waals surface area contributed by atoms with Crippen LogP contribution in [0.25, 0.3) is 10.2 Å². The first kappa shape index (κ1) is 14.1. The lowest BCUT2D eigenvalue weighted by Gasteiger charge is -2.17. The molecule has 0 fully saturated rings. The molecule has 108 valence electrons. The van der Waals surface area contributed by atoms with Gasteiger partial charge in [0.05, 0.1) is 11.4 Å². The minimum atomic E-state index is 0.0569. The zero-order valence-corrected chi connectivity index (χ0v) is 13.3. The van der Waals surface area contributed by atoms with Crippen molar-refractivity contribution in [2.45, 2.75) is 13.0 Å². The van der Waals surface area contributed by atoms with Crippen LogP contribution in [0.1, 0.15) is 18.5 Å². The minimum absolute atomic E-state index is 0.0569. The van der Waals surface area contributed by atoms with E-state index in [1.807, 2.05) is 42.8 Å². The van der Waals surface area contributed by atoms with Gasteiger partial charge in [-0.25, -0.2) is 4.98 Å². The van der Waals surface area contributed by atoms with Gasteiger partial charge in [-0.15, -0.1) is 11.3 Å². The number of thiophene rings is 1. The normalized spacial score (nSPS) is 12.3. The molecule has 6 heteroatoms. The average molecular weight is 319 g/mol. The third-order valence-electron chi connectivity index (χ3n) is 3.27. The number of fused-ring (bicyclic) bond motifs is 1. The largest absolute Gasteiger partial charge is 0.363 e. The van der Waals surface area contributed by atoms with Crippen LogP contribution in [0.2, 0.25) is 5.02 Å². The molecule has 1 atom stereocenters. The Morgan fingerprint density at radius 1 is 1.19 bits per heavy atom. The maximum absolute atomic E-state index is 6.26. The van der Waals surface area contributed by atoms with E-state index in [1.54, 1.807) is 11.3 Å². The van der Waals surface area contributed by atoms with Gasteiger partial charge in [0, 0.05) is 12.1 Å². The van der Waals surface area contributed by atoms with Gasteiger partial charge in [0.15, 0.2) is 0 Å². The summed E-state index contributed by atoms with van der Waals surface area (Å²) in [7, 11) is 1.82. The van der Waals surface area contributed by atoms with Crippen molar-refractivity contribution in [3.63, 3.8) is 0 Å². The van der Waals surface area contributed by atoms with Crippen LogP contribution >= 0.6 is 22.9 Å². The van der Waals surface area contributed by atoms with E-state index in [0.29, 0.717) is 5.95 Å². The summed E-state index contributed by atoms with van der Waals surface area (Å²) in [5, 5.41) is 10.2. The first-order valence-electron chi connectivity index (χ1n) is 6.63. The summed E-state index contributed by atoms with van der Waals surface area (Å²) in [6.45, 7) is 2.07. The second-order valence-electron chi connectivity index (χ2n) is 4.67. The van der Waals surface area contributed by atoms with Gasteiger partial charge in [0.25, 0.3) is 0 Å². The molecule has 0 bridgehead atoms. The van der Waals surface area contributed by atoms with Crippen molar-refractivity contribution in [2.24, 2.45) is 0 Å². The van der Waals surface area contributed by atoms with Crippen molar-refractivity contribution < 1.29 is 0 Å². The molecule has 0 saturated heterocycles. The van der Waals surface area contributed by atoms with E-state index in [2.05, 4.69) is 27.5 Å². The average Bonchev–Trinajstić information content (AvgIpc) is 2.96. The van der Waals surface area contributed by atoms with Crippen LogP contribution in [0, 0.1) is 0 Å². The monoisotopic (exact) mass is 318 g/mol. The molecule has 0 aliphatic rings. The predicted octanol–water partition coefficient (Wildman–Crippen LogP) is 4.56. The molecule has 0 aliphatic heterocycles. The standard InChI is InChI=1S/C15H15ClN4S/c1-9(10-5-3-4-6-12(10)16)18-13-11-7-8-21-14(11)20-15(17-2)19-13/h3-9H,1-2H3,(H2,17,18,19,20). The Morgan fingerprint density at radius 3 is 2.76 bits per heavy atom. The summed E-state index contributed by atoms with van der Waals surface area (Å²) in [5.41, 5.74) is 1.05. The summed E-state index contributed by atoms with van der Waals surface area (Å²) in [4.78, 5) is 9.92. The number of benzene rings is 1. The maximum Gasteiger partial charge on any atom is 0.225 e.